The number of amides is 1. The topological polar surface area (TPSA) is 75.2 Å². The lowest BCUT2D eigenvalue weighted by Crippen LogP contribution is -2.50. The van der Waals surface area contributed by atoms with Crippen molar-refractivity contribution < 1.29 is 9.59 Å². The Balaban J connectivity index is 1.70. The number of nitrogens with zero attached hydrogens (tertiary/aromatic N) is 3. The van der Waals surface area contributed by atoms with E-state index in [1.54, 1.807) is 47.9 Å². The first kappa shape index (κ1) is 24.3. The summed E-state index contributed by atoms with van der Waals surface area (Å²) < 4.78 is 0. The number of benzene rings is 1. The van der Waals surface area contributed by atoms with E-state index in [1.165, 1.54) is 0 Å². The SMILES string of the molecule is CCCCCCN1C(=O)C(Cc2ccncc2)(Cc2ccncc2)NC1=CC(=O)c1ccccc1. The molecule has 1 saturated heterocycles. The largest absolute Gasteiger partial charge is 0.357 e. The van der Waals surface area contributed by atoms with Gasteiger partial charge in [-0.1, -0.05) is 56.5 Å². The highest BCUT2D eigenvalue weighted by molar-refractivity contribution is 6.05. The van der Waals surface area contributed by atoms with Crippen LogP contribution >= 0.6 is 0 Å². The lowest BCUT2D eigenvalue weighted by molar-refractivity contribution is -0.131. The van der Waals surface area contributed by atoms with Gasteiger partial charge in [0.2, 0.25) is 0 Å². The first-order valence-electron chi connectivity index (χ1n) is 12.3. The molecule has 2 aromatic heterocycles. The van der Waals surface area contributed by atoms with E-state index < -0.39 is 5.54 Å². The Bertz CT molecular complexity index is 1110. The highest BCUT2D eigenvalue weighted by Crippen LogP contribution is 2.31. The molecule has 3 aromatic rings. The van der Waals surface area contributed by atoms with Crippen LogP contribution in [0.25, 0.3) is 0 Å². The molecule has 0 unspecified atom stereocenters. The van der Waals surface area contributed by atoms with Crippen molar-refractivity contribution in [1.82, 2.24) is 20.2 Å². The van der Waals surface area contributed by atoms with E-state index in [-0.39, 0.29) is 11.7 Å². The molecule has 3 heterocycles. The van der Waals surface area contributed by atoms with Crippen LogP contribution in [0.5, 0.6) is 0 Å². The van der Waals surface area contributed by atoms with E-state index in [2.05, 4.69) is 22.2 Å². The summed E-state index contributed by atoms with van der Waals surface area (Å²) in [5.41, 5.74) is 1.71. The van der Waals surface area contributed by atoms with Crippen LogP contribution in [0.15, 0.2) is 91.3 Å². The zero-order valence-electron chi connectivity index (χ0n) is 20.2. The number of ketones is 1. The molecule has 6 nitrogen and oxygen atoms in total. The van der Waals surface area contributed by atoms with Crippen molar-refractivity contribution in [3.05, 3.63) is 108 Å². The van der Waals surface area contributed by atoms with Gasteiger partial charge < -0.3 is 5.32 Å². The Morgan fingerprint density at radius 3 is 2.06 bits per heavy atom. The second-order valence-corrected chi connectivity index (χ2v) is 9.05. The number of rotatable bonds is 11. The van der Waals surface area contributed by atoms with Gasteiger partial charge in [0.15, 0.2) is 5.78 Å². The third kappa shape index (κ3) is 6.01. The number of hydrogen-bond acceptors (Lipinski definition) is 5. The van der Waals surface area contributed by atoms with Crippen LogP contribution in [0.3, 0.4) is 0 Å². The number of hydrogen-bond donors (Lipinski definition) is 1. The van der Waals surface area contributed by atoms with E-state index in [0.29, 0.717) is 30.8 Å². The molecule has 1 amide bonds. The van der Waals surface area contributed by atoms with Gasteiger partial charge in [-0.3, -0.25) is 24.5 Å². The Kier molecular flexibility index (Phi) is 8.03. The summed E-state index contributed by atoms with van der Waals surface area (Å²) in [6, 6.07) is 16.9. The number of nitrogens with one attached hydrogen (secondary N) is 1. The summed E-state index contributed by atoms with van der Waals surface area (Å²) in [4.78, 5) is 37.2. The van der Waals surface area contributed by atoms with Crippen LogP contribution in [0.4, 0.5) is 0 Å². The van der Waals surface area contributed by atoms with E-state index in [4.69, 9.17) is 0 Å². The van der Waals surface area contributed by atoms with E-state index in [9.17, 15) is 9.59 Å². The molecule has 4 rings (SSSR count). The van der Waals surface area contributed by atoms with Gasteiger partial charge in [-0.15, -0.1) is 0 Å². The number of pyridine rings is 2. The minimum atomic E-state index is -0.906. The van der Waals surface area contributed by atoms with Crippen molar-refractivity contribution in [1.29, 1.82) is 0 Å². The van der Waals surface area contributed by atoms with Crippen molar-refractivity contribution >= 4 is 11.7 Å². The summed E-state index contributed by atoms with van der Waals surface area (Å²) >= 11 is 0. The normalized spacial score (nSPS) is 15.9. The lowest BCUT2D eigenvalue weighted by atomic mass is 9.85. The average Bonchev–Trinajstić information content (AvgIpc) is 3.13. The first-order valence-corrected chi connectivity index (χ1v) is 12.3. The molecule has 180 valence electrons. The Morgan fingerprint density at radius 2 is 1.49 bits per heavy atom. The van der Waals surface area contributed by atoms with E-state index in [0.717, 1.165) is 36.8 Å². The summed E-state index contributed by atoms with van der Waals surface area (Å²) in [6.45, 7) is 2.75. The molecule has 1 fully saturated rings. The fraction of sp³-hybridized carbons (Fsp3) is 0.310. The second-order valence-electron chi connectivity index (χ2n) is 9.05. The Hall–Kier alpha value is -3.80. The van der Waals surface area contributed by atoms with Gasteiger partial charge in [0, 0.05) is 55.8 Å². The average molecular weight is 469 g/mol. The molecule has 0 radical (unpaired) electrons. The number of carbonyl (C=O) groups excluding carboxylic acids is 2. The van der Waals surface area contributed by atoms with Gasteiger partial charge in [-0.05, 0) is 41.8 Å². The first-order chi connectivity index (χ1) is 17.1. The molecular formula is C29H32N4O2. The van der Waals surface area contributed by atoms with Gasteiger partial charge in [0.05, 0.1) is 0 Å². The Morgan fingerprint density at radius 1 is 0.886 bits per heavy atom. The zero-order valence-corrected chi connectivity index (χ0v) is 20.2. The fourth-order valence-electron chi connectivity index (χ4n) is 4.58. The molecule has 0 saturated carbocycles. The minimum absolute atomic E-state index is 0.00488. The monoisotopic (exact) mass is 468 g/mol. The van der Waals surface area contributed by atoms with Gasteiger partial charge in [-0.25, -0.2) is 0 Å². The van der Waals surface area contributed by atoms with E-state index in [1.807, 2.05) is 42.5 Å². The molecule has 0 spiro atoms. The standard InChI is InChI=1S/C29H32N4O2/c1-2-3-4-8-19-33-27(20-26(34)25-9-6-5-7-10-25)32-29(28(33)35,21-23-11-15-30-16-12-23)22-24-13-17-31-18-14-24/h5-7,9-18,20,32H,2-4,8,19,21-22H2,1H3. The maximum absolute atomic E-state index is 14.1. The highest BCUT2D eigenvalue weighted by atomic mass is 16.2. The van der Waals surface area contributed by atoms with Crippen LogP contribution in [-0.4, -0.2) is 38.6 Å². The minimum Gasteiger partial charge on any atom is -0.357 e. The smallest absolute Gasteiger partial charge is 0.254 e. The summed E-state index contributed by atoms with van der Waals surface area (Å²) in [7, 11) is 0. The summed E-state index contributed by atoms with van der Waals surface area (Å²) in [5, 5.41) is 3.52. The zero-order chi connectivity index (χ0) is 24.5. The quantitative estimate of drug-likeness (QED) is 0.250. The molecule has 0 atom stereocenters. The van der Waals surface area contributed by atoms with Crippen molar-refractivity contribution in [3.63, 3.8) is 0 Å². The van der Waals surface area contributed by atoms with Crippen LogP contribution in [0.1, 0.15) is 54.1 Å². The molecule has 1 N–H and O–H groups in total. The van der Waals surface area contributed by atoms with Crippen molar-refractivity contribution in [2.24, 2.45) is 0 Å². The number of allylic oxidation sites excluding steroid dienone is 1. The molecular weight excluding hydrogens is 436 g/mol. The maximum atomic E-state index is 14.1. The third-order valence-electron chi connectivity index (χ3n) is 6.38. The van der Waals surface area contributed by atoms with Gasteiger partial charge in [0.25, 0.3) is 5.91 Å². The van der Waals surface area contributed by atoms with Crippen molar-refractivity contribution in [3.8, 4) is 0 Å². The molecule has 35 heavy (non-hydrogen) atoms. The fourth-order valence-corrected chi connectivity index (χ4v) is 4.58. The van der Waals surface area contributed by atoms with Crippen LogP contribution < -0.4 is 5.32 Å². The number of carbonyl (C=O) groups is 2. The number of aromatic nitrogens is 2. The predicted molar refractivity (Wildman–Crippen MR) is 136 cm³/mol. The predicted octanol–water partition coefficient (Wildman–Crippen LogP) is 4.74. The van der Waals surface area contributed by atoms with Gasteiger partial charge in [-0.2, -0.15) is 0 Å². The molecule has 0 aliphatic carbocycles. The molecule has 1 aliphatic heterocycles. The van der Waals surface area contributed by atoms with Crippen LogP contribution in [0.2, 0.25) is 0 Å². The molecule has 6 heteroatoms. The van der Waals surface area contributed by atoms with Crippen LogP contribution in [0, 0.1) is 0 Å². The lowest BCUT2D eigenvalue weighted by Gasteiger charge is -2.28. The van der Waals surface area contributed by atoms with E-state index >= 15 is 0 Å². The molecule has 0 bridgehead atoms. The number of unbranched alkanes of at least 4 members (excludes halogenated alkanes) is 3. The van der Waals surface area contributed by atoms with Crippen LogP contribution in [-0.2, 0) is 17.6 Å². The Labute approximate surface area is 207 Å². The van der Waals surface area contributed by atoms with Gasteiger partial charge in [0.1, 0.15) is 11.4 Å². The summed E-state index contributed by atoms with van der Waals surface area (Å²) in [6.07, 6.45) is 13.7. The van der Waals surface area contributed by atoms with Crippen molar-refractivity contribution in [2.75, 3.05) is 6.54 Å². The maximum Gasteiger partial charge on any atom is 0.254 e. The summed E-state index contributed by atoms with van der Waals surface area (Å²) in [5.74, 6) is 0.446. The molecule has 1 aliphatic rings. The molecule has 1 aromatic carbocycles. The highest BCUT2D eigenvalue weighted by Gasteiger charge is 2.49. The third-order valence-corrected chi connectivity index (χ3v) is 6.38. The van der Waals surface area contributed by atoms with Crippen molar-refractivity contribution in [2.45, 2.75) is 51.0 Å². The van der Waals surface area contributed by atoms with Gasteiger partial charge >= 0.3 is 0 Å². The second kappa shape index (κ2) is 11.6.